The Morgan fingerprint density at radius 3 is 1.94 bits per heavy atom. The number of aromatic nitrogens is 2. The van der Waals surface area contributed by atoms with Crippen molar-refractivity contribution < 1.29 is 0 Å². The number of para-hydroxylation sites is 3. The van der Waals surface area contributed by atoms with Crippen LogP contribution < -0.4 is 0 Å². The van der Waals surface area contributed by atoms with Crippen LogP contribution in [0.5, 0.6) is 0 Å². The van der Waals surface area contributed by atoms with Crippen molar-refractivity contribution in [1.82, 2.24) is 9.13 Å². The maximum absolute atomic E-state index is 9.63. The Morgan fingerprint density at radius 2 is 1.12 bits per heavy atom. The Kier molecular flexibility index (Phi) is 6.32. The molecule has 2 heterocycles. The average molecular weight is 614 g/mol. The molecular weight excluding hydrogens is 583 g/mol. The predicted octanol–water partition coefficient (Wildman–Crippen LogP) is 11.7. The second-order valence-corrected chi connectivity index (χ2v) is 12.6. The Hall–Kier alpha value is -6.37. The fourth-order valence-electron chi connectivity index (χ4n) is 7.58. The molecule has 0 aliphatic rings. The van der Waals surface area contributed by atoms with Crippen LogP contribution >= 0.6 is 0 Å². The minimum Gasteiger partial charge on any atom is -0.309 e. The van der Waals surface area contributed by atoms with Crippen molar-refractivity contribution in [2.45, 2.75) is 13.8 Å². The normalized spacial score (nSPS) is 11.5. The first-order chi connectivity index (χ1) is 23.6. The highest BCUT2D eigenvalue weighted by Crippen LogP contribution is 2.39. The van der Waals surface area contributed by atoms with Crippen LogP contribution in [0.4, 0.5) is 0 Å². The summed E-state index contributed by atoms with van der Waals surface area (Å²) in [5, 5.41) is 14.5. The monoisotopic (exact) mass is 613 g/mol. The maximum atomic E-state index is 9.63. The number of aryl methyl sites for hydroxylation is 2. The van der Waals surface area contributed by atoms with E-state index in [0.29, 0.717) is 5.56 Å². The number of benzene rings is 7. The molecule has 226 valence electrons. The van der Waals surface area contributed by atoms with Crippen LogP contribution in [0.1, 0.15) is 16.7 Å². The van der Waals surface area contributed by atoms with Crippen molar-refractivity contribution in [3.05, 3.63) is 168 Å². The largest absolute Gasteiger partial charge is 0.309 e. The molecule has 3 nitrogen and oxygen atoms in total. The van der Waals surface area contributed by atoms with Gasteiger partial charge in [0.05, 0.1) is 39.4 Å². The molecule has 0 aliphatic carbocycles. The zero-order chi connectivity index (χ0) is 32.4. The summed E-state index contributed by atoms with van der Waals surface area (Å²) in [5.41, 5.74) is 14.8. The van der Waals surface area contributed by atoms with E-state index >= 15 is 0 Å². The molecule has 48 heavy (non-hydrogen) atoms. The van der Waals surface area contributed by atoms with Crippen molar-refractivity contribution in [2.24, 2.45) is 0 Å². The molecular formula is C45H31N3. The molecule has 7 aromatic carbocycles. The molecule has 2 aromatic heterocycles. The Morgan fingerprint density at radius 1 is 0.458 bits per heavy atom. The van der Waals surface area contributed by atoms with Gasteiger partial charge in [-0.25, -0.2) is 0 Å². The van der Waals surface area contributed by atoms with E-state index < -0.39 is 0 Å². The summed E-state index contributed by atoms with van der Waals surface area (Å²) in [6, 6.07) is 56.4. The van der Waals surface area contributed by atoms with Gasteiger partial charge in [-0.05, 0) is 102 Å². The van der Waals surface area contributed by atoms with Crippen molar-refractivity contribution >= 4 is 43.6 Å². The number of nitriles is 1. The molecule has 0 spiro atoms. The standard InChI is InChI=1S/C45H31N3/c1-29-18-20-33(35-11-3-6-14-40(35)48-41-15-7-4-12-36(41)39-26-31(28-46)19-25-43(39)48)27-38(29)32-21-23-34(24-22-32)47-42-16-8-5-13-37(42)45-30(2)10-9-17-44(45)47/h3-27H,1-2H3. The average Bonchev–Trinajstić information content (AvgIpc) is 3.65. The lowest BCUT2D eigenvalue weighted by atomic mass is 9.94. The lowest BCUT2D eigenvalue weighted by Crippen LogP contribution is -1.97. The smallest absolute Gasteiger partial charge is 0.0991 e. The van der Waals surface area contributed by atoms with E-state index in [1.165, 1.54) is 44.1 Å². The third-order valence-corrected chi connectivity index (χ3v) is 9.84. The minimum atomic E-state index is 0.668. The van der Waals surface area contributed by atoms with Crippen LogP contribution in [0.3, 0.4) is 0 Å². The fraction of sp³-hybridized carbons (Fsp3) is 0.0444. The molecule has 0 amide bonds. The zero-order valence-corrected chi connectivity index (χ0v) is 26.8. The first-order valence-corrected chi connectivity index (χ1v) is 16.3. The third-order valence-electron chi connectivity index (χ3n) is 9.84. The van der Waals surface area contributed by atoms with Crippen LogP contribution in [0.2, 0.25) is 0 Å². The predicted molar refractivity (Wildman–Crippen MR) is 200 cm³/mol. The SMILES string of the molecule is Cc1ccc(-c2ccccc2-n2c3ccccc3c3cc(C#N)ccc32)cc1-c1ccc(-n2c3ccccc3c3c(C)cccc32)cc1. The lowest BCUT2D eigenvalue weighted by Gasteiger charge is -2.16. The van der Waals surface area contributed by atoms with Gasteiger partial charge in [0, 0.05) is 32.8 Å². The van der Waals surface area contributed by atoms with E-state index in [1.54, 1.807) is 0 Å². The Balaban J connectivity index is 1.17. The van der Waals surface area contributed by atoms with Crippen LogP contribution in [-0.2, 0) is 0 Å². The molecule has 9 rings (SSSR count). The molecule has 0 saturated heterocycles. The number of rotatable bonds is 4. The molecule has 0 aliphatic heterocycles. The van der Waals surface area contributed by atoms with Crippen molar-refractivity contribution in [2.75, 3.05) is 0 Å². The summed E-state index contributed by atoms with van der Waals surface area (Å²) in [5.74, 6) is 0. The summed E-state index contributed by atoms with van der Waals surface area (Å²) in [4.78, 5) is 0. The molecule has 0 saturated carbocycles. The van der Waals surface area contributed by atoms with Gasteiger partial charge in [0.25, 0.3) is 0 Å². The summed E-state index contributed by atoms with van der Waals surface area (Å²) in [6.07, 6.45) is 0. The molecule has 0 unspecified atom stereocenters. The highest BCUT2D eigenvalue weighted by atomic mass is 15.0. The van der Waals surface area contributed by atoms with Gasteiger partial charge in [0.1, 0.15) is 0 Å². The second kappa shape index (κ2) is 10.9. The van der Waals surface area contributed by atoms with Crippen molar-refractivity contribution in [1.29, 1.82) is 5.26 Å². The highest BCUT2D eigenvalue weighted by molar-refractivity contribution is 6.11. The van der Waals surface area contributed by atoms with Crippen LogP contribution in [0.15, 0.2) is 152 Å². The fourth-order valence-corrected chi connectivity index (χ4v) is 7.58. The first-order valence-electron chi connectivity index (χ1n) is 16.3. The van der Waals surface area contributed by atoms with E-state index in [9.17, 15) is 5.26 Å². The molecule has 3 heteroatoms. The lowest BCUT2D eigenvalue weighted by molar-refractivity contribution is 1.18. The molecule has 0 bridgehead atoms. The van der Waals surface area contributed by atoms with E-state index in [2.05, 4.69) is 169 Å². The summed E-state index contributed by atoms with van der Waals surface area (Å²) in [6.45, 7) is 4.39. The molecule has 0 N–H and O–H groups in total. The molecule has 9 aromatic rings. The second-order valence-electron chi connectivity index (χ2n) is 12.6. The quantitative estimate of drug-likeness (QED) is 0.194. The van der Waals surface area contributed by atoms with Gasteiger partial charge in [-0.15, -0.1) is 0 Å². The zero-order valence-electron chi connectivity index (χ0n) is 26.8. The minimum absolute atomic E-state index is 0.668. The number of nitrogens with zero attached hydrogens (tertiary/aromatic N) is 3. The number of hydrogen-bond donors (Lipinski definition) is 0. The van der Waals surface area contributed by atoms with Crippen molar-refractivity contribution in [3.63, 3.8) is 0 Å². The molecule has 0 atom stereocenters. The highest BCUT2D eigenvalue weighted by Gasteiger charge is 2.17. The Bertz CT molecular complexity index is 2750. The Labute approximate surface area is 279 Å². The van der Waals surface area contributed by atoms with Crippen LogP contribution in [-0.4, -0.2) is 9.13 Å². The first kappa shape index (κ1) is 27.9. The van der Waals surface area contributed by atoms with Gasteiger partial charge in [-0.2, -0.15) is 5.26 Å². The maximum Gasteiger partial charge on any atom is 0.0991 e. The van der Waals surface area contributed by atoms with Gasteiger partial charge in [-0.3, -0.25) is 0 Å². The summed E-state index contributed by atoms with van der Waals surface area (Å²) >= 11 is 0. The summed E-state index contributed by atoms with van der Waals surface area (Å²) < 4.78 is 4.72. The molecule has 0 fully saturated rings. The topological polar surface area (TPSA) is 33.6 Å². The third kappa shape index (κ3) is 4.20. The van der Waals surface area contributed by atoms with Crippen LogP contribution in [0.25, 0.3) is 77.2 Å². The number of fused-ring (bicyclic) bond motifs is 6. The van der Waals surface area contributed by atoms with Crippen molar-refractivity contribution in [3.8, 4) is 39.7 Å². The van der Waals surface area contributed by atoms with E-state index in [1.807, 2.05) is 12.1 Å². The van der Waals surface area contributed by atoms with E-state index in [0.717, 1.165) is 44.3 Å². The molecule has 0 radical (unpaired) electrons. The summed E-state index contributed by atoms with van der Waals surface area (Å²) in [7, 11) is 0. The van der Waals surface area contributed by atoms with Gasteiger partial charge >= 0.3 is 0 Å². The van der Waals surface area contributed by atoms with Gasteiger partial charge < -0.3 is 9.13 Å². The van der Waals surface area contributed by atoms with Crippen LogP contribution in [0, 0.1) is 25.2 Å². The van der Waals surface area contributed by atoms with Gasteiger partial charge in [-0.1, -0.05) is 91.0 Å². The van der Waals surface area contributed by atoms with E-state index in [-0.39, 0.29) is 0 Å². The van der Waals surface area contributed by atoms with Gasteiger partial charge in [0.15, 0.2) is 0 Å². The van der Waals surface area contributed by atoms with Gasteiger partial charge in [0.2, 0.25) is 0 Å². The number of hydrogen-bond acceptors (Lipinski definition) is 1. The van der Waals surface area contributed by atoms with E-state index in [4.69, 9.17) is 0 Å².